The van der Waals surface area contributed by atoms with E-state index in [9.17, 15) is 24.9 Å². The fourth-order valence-electron chi connectivity index (χ4n) is 5.35. The minimum Gasteiger partial charge on any atom is -0.493 e. The van der Waals surface area contributed by atoms with Gasteiger partial charge < -0.3 is 44.5 Å². The summed E-state index contributed by atoms with van der Waals surface area (Å²) in [5.74, 6) is -0.582. The molecule has 0 bridgehead atoms. The Morgan fingerprint density at radius 2 is 2.05 bits per heavy atom. The molecule has 2 amide bonds. The van der Waals surface area contributed by atoms with E-state index in [0.29, 0.717) is 34.8 Å². The molecule has 3 aliphatic rings. The third-order valence-electron chi connectivity index (χ3n) is 7.12. The third kappa shape index (κ3) is 5.60. The molecule has 1 fully saturated rings. The van der Waals surface area contributed by atoms with Gasteiger partial charge in [-0.2, -0.15) is 0 Å². The van der Waals surface area contributed by atoms with E-state index < -0.39 is 30.1 Å². The smallest absolute Gasteiger partial charge is 0.247 e. The predicted octanol–water partition coefficient (Wildman–Crippen LogP) is -0.146. The molecule has 0 unspecified atom stereocenters. The number of hydrogen-bond acceptors (Lipinski definition) is 9. The molecule has 1 aromatic rings. The highest BCUT2D eigenvalue weighted by molar-refractivity contribution is 5.96. The maximum Gasteiger partial charge on any atom is 0.247 e. The molecule has 11 heteroatoms. The van der Waals surface area contributed by atoms with Gasteiger partial charge in [-0.15, -0.1) is 0 Å². The average Bonchev–Trinajstić information content (AvgIpc) is 3.57. The van der Waals surface area contributed by atoms with Gasteiger partial charge in [-0.25, -0.2) is 0 Å². The van der Waals surface area contributed by atoms with Crippen molar-refractivity contribution in [2.24, 2.45) is 0 Å². The SMILES string of the molecule is COCCC(=O)N(C[C@H]1CCCO1)[C@@H]1C=C(C(=O)NCCO)[C@@H]2c3cc(CO)cc(OC)c3O[C@@H]2[C@H]1O. The molecule has 37 heavy (non-hydrogen) atoms. The zero-order chi connectivity index (χ0) is 26.5. The van der Waals surface area contributed by atoms with Gasteiger partial charge in [-0.3, -0.25) is 9.59 Å². The van der Waals surface area contributed by atoms with E-state index in [1.807, 2.05) is 0 Å². The number of methoxy groups -OCH3 is 2. The van der Waals surface area contributed by atoms with Crippen LogP contribution in [0.4, 0.5) is 0 Å². The van der Waals surface area contributed by atoms with Gasteiger partial charge >= 0.3 is 0 Å². The summed E-state index contributed by atoms with van der Waals surface area (Å²) in [6.45, 7) is 0.640. The Morgan fingerprint density at radius 3 is 2.70 bits per heavy atom. The molecule has 2 aliphatic heterocycles. The second kappa shape index (κ2) is 12.2. The fourth-order valence-corrected chi connectivity index (χ4v) is 5.35. The molecule has 0 spiro atoms. The third-order valence-corrected chi connectivity index (χ3v) is 7.12. The van der Waals surface area contributed by atoms with Crippen LogP contribution in [-0.2, 0) is 25.7 Å². The topological polar surface area (TPSA) is 147 Å². The molecule has 4 N–H and O–H groups in total. The van der Waals surface area contributed by atoms with Crippen molar-refractivity contribution in [3.8, 4) is 11.5 Å². The van der Waals surface area contributed by atoms with Crippen LogP contribution in [0.25, 0.3) is 0 Å². The largest absolute Gasteiger partial charge is 0.493 e. The first kappa shape index (κ1) is 27.3. The molecule has 5 atom stereocenters. The second-order valence-electron chi connectivity index (χ2n) is 9.44. The summed E-state index contributed by atoms with van der Waals surface area (Å²) >= 11 is 0. The van der Waals surface area contributed by atoms with Crippen LogP contribution in [-0.4, -0.2) is 104 Å². The lowest BCUT2D eigenvalue weighted by Crippen LogP contribution is -2.57. The molecular formula is C26H36N2O9. The number of carbonyl (C=O) groups excluding carboxylic acids is 2. The number of aliphatic hydroxyl groups excluding tert-OH is 3. The summed E-state index contributed by atoms with van der Waals surface area (Å²) in [6, 6.07) is 2.52. The molecule has 0 saturated carbocycles. The normalized spacial score (nSPS) is 26.1. The summed E-state index contributed by atoms with van der Waals surface area (Å²) in [5, 5.41) is 33.3. The maximum absolute atomic E-state index is 13.3. The zero-order valence-electron chi connectivity index (χ0n) is 21.2. The van der Waals surface area contributed by atoms with Crippen LogP contribution >= 0.6 is 0 Å². The lowest BCUT2D eigenvalue weighted by molar-refractivity contribution is -0.140. The Balaban J connectivity index is 1.76. The molecule has 0 aromatic heterocycles. The molecule has 1 saturated heterocycles. The Bertz CT molecular complexity index is 1010. The minimum absolute atomic E-state index is 0.0426. The first-order valence-corrected chi connectivity index (χ1v) is 12.6. The number of nitrogens with zero attached hydrogens (tertiary/aromatic N) is 1. The second-order valence-corrected chi connectivity index (χ2v) is 9.44. The number of fused-ring (bicyclic) bond motifs is 3. The van der Waals surface area contributed by atoms with E-state index in [4.69, 9.17) is 18.9 Å². The van der Waals surface area contributed by atoms with Crippen LogP contribution in [0.3, 0.4) is 0 Å². The number of benzene rings is 1. The van der Waals surface area contributed by atoms with Crippen LogP contribution in [0.1, 0.15) is 36.3 Å². The number of amides is 2. The zero-order valence-corrected chi connectivity index (χ0v) is 21.2. The molecule has 1 aliphatic carbocycles. The van der Waals surface area contributed by atoms with E-state index in [1.165, 1.54) is 14.2 Å². The summed E-state index contributed by atoms with van der Waals surface area (Å²) in [5.41, 5.74) is 1.48. The molecular weight excluding hydrogens is 484 g/mol. The van der Waals surface area contributed by atoms with E-state index in [1.54, 1.807) is 23.1 Å². The maximum atomic E-state index is 13.3. The highest BCUT2D eigenvalue weighted by Crippen LogP contribution is 2.51. The Kier molecular flexibility index (Phi) is 9.04. The van der Waals surface area contributed by atoms with Gasteiger partial charge in [0.1, 0.15) is 12.2 Å². The van der Waals surface area contributed by atoms with Gasteiger partial charge in [0.2, 0.25) is 11.8 Å². The van der Waals surface area contributed by atoms with Gasteiger partial charge in [0.25, 0.3) is 0 Å². The highest BCUT2D eigenvalue weighted by atomic mass is 16.5. The van der Waals surface area contributed by atoms with Crippen molar-refractivity contribution < 1.29 is 43.9 Å². The van der Waals surface area contributed by atoms with Crippen molar-refractivity contribution in [3.63, 3.8) is 0 Å². The van der Waals surface area contributed by atoms with Gasteiger partial charge in [-0.05, 0) is 36.6 Å². The van der Waals surface area contributed by atoms with Crippen molar-refractivity contribution in [1.82, 2.24) is 10.2 Å². The molecule has 1 aromatic carbocycles. The number of rotatable bonds is 11. The van der Waals surface area contributed by atoms with Crippen molar-refractivity contribution in [2.75, 3.05) is 47.1 Å². The fraction of sp³-hybridized carbons (Fsp3) is 0.615. The predicted molar refractivity (Wildman–Crippen MR) is 131 cm³/mol. The Hall–Kier alpha value is -2.70. The van der Waals surface area contributed by atoms with Crippen molar-refractivity contribution in [3.05, 3.63) is 34.9 Å². The van der Waals surface area contributed by atoms with Crippen molar-refractivity contribution in [2.45, 2.75) is 56.1 Å². The summed E-state index contributed by atoms with van der Waals surface area (Å²) in [6.07, 6.45) is 1.18. The van der Waals surface area contributed by atoms with E-state index in [-0.39, 0.29) is 51.3 Å². The highest BCUT2D eigenvalue weighted by Gasteiger charge is 2.51. The number of nitrogens with one attached hydrogen (secondary N) is 1. The summed E-state index contributed by atoms with van der Waals surface area (Å²) in [4.78, 5) is 28.2. The number of ether oxygens (including phenoxy) is 4. The molecule has 2 heterocycles. The van der Waals surface area contributed by atoms with Crippen LogP contribution in [0.15, 0.2) is 23.8 Å². The number of aliphatic hydroxyl groups is 3. The number of hydrogen-bond donors (Lipinski definition) is 4. The molecule has 4 rings (SSSR count). The lowest BCUT2D eigenvalue weighted by Gasteiger charge is -2.41. The lowest BCUT2D eigenvalue weighted by atomic mass is 9.77. The molecule has 0 radical (unpaired) electrons. The monoisotopic (exact) mass is 520 g/mol. The van der Waals surface area contributed by atoms with Crippen LogP contribution in [0, 0.1) is 0 Å². The molecule has 11 nitrogen and oxygen atoms in total. The van der Waals surface area contributed by atoms with Crippen LogP contribution in [0.5, 0.6) is 11.5 Å². The van der Waals surface area contributed by atoms with Crippen molar-refractivity contribution in [1.29, 1.82) is 0 Å². The first-order chi connectivity index (χ1) is 17.9. The number of carbonyl (C=O) groups is 2. The van der Waals surface area contributed by atoms with Gasteiger partial charge in [0, 0.05) is 37.9 Å². The van der Waals surface area contributed by atoms with E-state index in [0.717, 1.165) is 12.8 Å². The van der Waals surface area contributed by atoms with E-state index >= 15 is 0 Å². The van der Waals surface area contributed by atoms with Gasteiger partial charge in [0.05, 0.1) is 51.4 Å². The van der Waals surface area contributed by atoms with Crippen LogP contribution < -0.4 is 14.8 Å². The van der Waals surface area contributed by atoms with Gasteiger partial charge in [-0.1, -0.05) is 0 Å². The summed E-state index contributed by atoms with van der Waals surface area (Å²) in [7, 11) is 2.99. The van der Waals surface area contributed by atoms with E-state index in [2.05, 4.69) is 5.32 Å². The standard InChI is InChI=1S/C26H36N2O9/c1-34-9-5-21(31)28(13-16-4-3-8-36-16)19-12-18(26(33)27-6-7-29)22-17-10-15(14-30)11-20(35-2)24(17)37-25(22)23(19)32/h10-12,16,19,22-23,25,29-30,32H,3-9,13-14H2,1-2H3,(H,27,33)/t16-,19-,22+,23+,25+/m1/s1. The first-order valence-electron chi connectivity index (χ1n) is 12.6. The Labute approximate surface area is 215 Å². The molecule has 204 valence electrons. The Morgan fingerprint density at radius 1 is 1.24 bits per heavy atom. The minimum atomic E-state index is -1.16. The van der Waals surface area contributed by atoms with Crippen molar-refractivity contribution >= 4 is 11.8 Å². The van der Waals surface area contributed by atoms with Crippen LogP contribution in [0.2, 0.25) is 0 Å². The average molecular weight is 521 g/mol. The quantitative estimate of drug-likeness (QED) is 0.313. The van der Waals surface area contributed by atoms with Gasteiger partial charge in [0.15, 0.2) is 11.5 Å². The summed E-state index contributed by atoms with van der Waals surface area (Å²) < 4.78 is 22.6.